The van der Waals surface area contributed by atoms with Gasteiger partial charge in [0, 0.05) is 11.1 Å². The Morgan fingerprint density at radius 2 is 1.71 bits per heavy atom. The molecule has 0 aliphatic heterocycles. The second-order valence-corrected chi connectivity index (χ2v) is 4.70. The number of rotatable bonds is 7. The van der Waals surface area contributed by atoms with Gasteiger partial charge in [-0.2, -0.15) is 0 Å². The van der Waals surface area contributed by atoms with E-state index < -0.39 is 28.1 Å². The van der Waals surface area contributed by atoms with Gasteiger partial charge in [0.1, 0.15) is 0 Å². The number of ether oxygens (including phenoxy) is 3. The highest BCUT2D eigenvalue weighted by Gasteiger charge is 2.31. The Balaban J connectivity index is 3.66. The Bertz CT molecular complexity index is 664. The van der Waals surface area contributed by atoms with Crippen LogP contribution in [0.4, 0.5) is 5.69 Å². The van der Waals surface area contributed by atoms with Crippen molar-refractivity contribution in [1.29, 1.82) is 0 Å². The maximum Gasteiger partial charge on any atom is 0.349 e. The Hall–Kier alpha value is -2.61. The van der Waals surface area contributed by atoms with Gasteiger partial charge in [-0.1, -0.05) is 11.6 Å². The van der Waals surface area contributed by atoms with E-state index >= 15 is 0 Å². The molecule has 0 radical (unpaired) electrons. The van der Waals surface area contributed by atoms with E-state index in [-0.39, 0.29) is 29.6 Å². The molecule has 0 atom stereocenters. The molecular weight excluding hydrogens is 342 g/mol. The van der Waals surface area contributed by atoms with Gasteiger partial charge in [0.15, 0.2) is 11.3 Å². The summed E-state index contributed by atoms with van der Waals surface area (Å²) in [5, 5.41) is 11.4. The Morgan fingerprint density at radius 1 is 1.17 bits per heavy atom. The zero-order chi connectivity index (χ0) is 18.3. The summed E-state index contributed by atoms with van der Waals surface area (Å²) in [5.41, 5.74) is -1.08. The van der Waals surface area contributed by atoms with Crippen LogP contribution in [-0.2, 0) is 23.8 Å². The summed E-state index contributed by atoms with van der Waals surface area (Å²) < 4.78 is 14.7. The van der Waals surface area contributed by atoms with Gasteiger partial charge in [-0.25, -0.2) is 9.59 Å². The number of methoxy groups -OCH3 is 1. The molecule has 0 aliphatic carbocycles. The SMILES string of the molecule is CCOC(=O)C(C(=O)OCC)=C(OC)c1ccc(Cl)cc1[N+](=O)[O-]. The molecule has 0 unspecified atom stereocenters. The quantitative estimate of drug-likeness (QED) is 0.140. The number of hydrogen-bond donors (Lipinski definition) is 0. The third-order valence-corrected chi connectivity index (χ3v) is 3.03. The first-order valence-electron chi connectivity index (χ1n) is 6.94. The van der Waals surface area contributed by atoms with Gasteiger partial charge < -0.3 is 14.2 Å². The van der Waals surface area contributed by atoms with Crippen LogP contribution in [0.5, 0.6) is 0 Å². The molecule has 0 heterocycles. The maximum atomic E-state index is 12.1. The third-order valence-electron chi connectivity index (χ3n) is 2.79. The molecule has 130 valence electrons. The van der Waals surface area contributed by atoms with Gasteiger partial charge in [-0.05, 0) is 26.0 Å². The minimum atomic E-state index is -1.00. The first kappa shape index (κ1) is 19.4. The number of carbonyl (C=O) groups excluding carboxylic acids is 2. The normalized spacial score (nSPS) is 9.83. The maximum absolute atomic E-state index is 12.1. The number of benzene rings is 1. The monoisotopic (exact) mass is 357 g/mol. The van der Waals surface area contributed by atoms with Crippen LogP contribution in [0.1, 0.15) is 19.4 Å². The molecule has 0 fully saturated rings. The largest absolute Gasteiger partial charge is 0.495 e. The van der Waals surface area contributed by atoms with E-state index in [9.17, 15) is 19.7 Å². The average Bonchev–Trinajstić information content (AvgIpc) is 2.52. The first-order valence-corrected chi connectivity index (χ1v) is 7.31. The van der Waals surface area contributed by atoms with Crippen molar-refractivity contribution in [3.05, 3.63) is 44.5 Å². The summed E-state index contributed by atoms with van der Waals surface area (Å²) in [6.07, 6.45) is 0. The van der Waals surface area contributed by atoms with E-state index in [1.54, 1.807) is 13.8 Å². The van der Waals surface area contributed by atoms with Crippen molar-refractivity contribution in [2.75, 3.05) is 20.3 Å². The predicted molar refractivity (Wildman–Crippen MR) is 85.3 cm³/mol. The number of nitro benzene ring substituents is 1. The molecule has 0 saturated carbocycles. The average molecular weight is 358 g/mol. The summed E-state index contributed by atoms with van der Waals surface area (Å²) in [6.45, 7) is 3.11. The molecule has 1 aromatic carbocycles. The predicted octanol–water partition coefficient (Wildman–Crippen LogP) is 2.73. The summed E-state index contributed by atoms with van der Waals surface area (Å²) in [4.78, 5) is 34.8. The number of halogens is 1. The minimum Gasteiger partial charge on any atom is -0.495 e. The zero-order valence-electron chi connectivity index (χ0n) is 13.3. The second kappa shape index (κ2) is 8.88. The fourth-order valence-electron chi connectivity index (χ4n) is 1.87. The highest BCUT2D eigenvalue weighted by molar-refractivity contribution is 6.31. The van der Waals surface area contributed by atoms with E-state index in [4.69, 9.17) is 25.8 Å². The first-order chi connectivity index (χ1) is 11.4. The molecular formula is C15H16ClNO7. The van der Waals surface area contributed by atoms with E-state index in [0.29, 0.717) is 0 Å². The molecule has 0 aromatic heterocycles. The van der Waals surface area contributed by atoms with Crippen molar-refractivity contribution in [2.45, 2.75) is 13.8 Å². The highest BCUT2D eigenvalue weighted by atomic mass is 35.5. The van der Waals surface area contributed by atoms with Gasteiger partial charge in [0.05, 0.1) is 30.8 Å². The molecule has 8 nitrogen and oxygen atoms in total. The standard InChI is InChI=1S/C15H16ClNO7/c1-4-23-14(18)12(15(19)24-5-2)13(22-3)10-7-6-9(16)8-11(10)17(20)21/h6-8H,4-5H2,1-3H3. The molecule has 0 amide bonds. The molecule has 0 bridgehead atoms. The van der Waals surface area contributed by atoms with Crippen LogP contribution in [0.25, 0.3) is 5.76 Å². The lowest BCUT2D eigenvalue weighted by Gasteiger charge is -2.13. The van der Waals surface area contributed by atoms with Crippen molar-refractivity contribution in [3.63, 3.8) is 0 Å². The van der Waals surface area contributed by atoms with E-state index in [1.165, 1.54) is 19.2 Å². The van der Waals surface area contributed by atoms with Gasteiger partial charge in [-0.3, -0.25) is 10.1 Å². The molecule has 24 heavy (non-hydrogen) atoms. The molecule has 0 saturated heterocycles. The fourth-order valence-corrected chi connectivity index (χ4v) is 2.04. The van der Waals surface area contributed by atoms with Crippen molar-refractivity contribution in [1.82, 2.24) is 0 Å². The number of esters is 2. The Labute approximate surface area is 143 Å². The number of nitro groups is 1. The lowest BCUT2D eigenvalue weighted by Crippen LogP contribution is -2.21. The molecule has 1 rings (SSSR count). The molecule has 0 spiro atoms. The van der Waals surface area contributed by atoms with E-state index in [1.807, 2.05) is 0 Å². The Morgan fingerprint density at radius 3 is 2.12 bits per heavy atom. The van der Waals surface area contributed by atoms with Crippen LogP contribution in [0, 0.1) is 10.1 Å². The molecule has 9 heteroatoms. The lowest BCUT2D eigenvalue weighted by molar-refractivity contribution is -0.385. The van der Waals surface area contributed by atoms with Crippen LogP contribution in [0.3, 0.4) is 0 Å². The van der Waals surface area contributed by atoms with E-state index in [0.717, 1.165) is 6.07 Å². The van der Waals surface area contributed by atoms with Gasteiger partial charge >= 0.3 is 11.9 Å². The number of nitrogens with zero attached hydrogens (tertiary/aromatic N) is 1. The second-order valence-electron chi connectivity index (χ2n) is 4.27. The van der Waals surface area contributed by atoms with Crippen LogP contribution in [0.2, 0.25) is 5.02 Å². The summed E-state index contributed by atoms with van der Waals surface area (Å²) in [6, 6.07) is 3.73. The van der Waals surface area contributed by atoms with Crippen LogP contribution in [-0.4, -0.2) is 37.2 Å². The summed E-state index contributed by atoms with van der Waals surface area (Å²) in [5.74, 6) is -2.33. The molecule has 0 aliphatic rings. The zero-order valence-corrected chi connectivity index (χ0v) is 14.1. The van der Waals surface area contributed by atoms with Crippen molar-refractivity contribution < 1.29 is 28.7 Å². The third kappa shape index (κ3) is 4.45. The molecule has 0 N–H and O–H groups in total. The Kier molecular flexibility index (Phi) is 7.19. The van der Waals surface area contributed by atoms with Crippen molar-refractivity contribution in [2.24, 2.45) is 0 Å². The number of carbonyl (C=O) groups is 2. The van der Waals surface area contributed by atoms with Crippen molar-refractivity contribution in [3.8, 4) is 0 Å². The summed E-state index contributed by atoms with van der Waals surface area (Å²) in [7, 11) is 1.17. The fraction of sp³-hybridized carbons (Fsp3) is 0.333. The van der Waals surface area contributed by atoms with Gasteiger partial charge in [0.2, 0.25) is 0 Å². The van der Waals surface area contributed by atoms with Gasteiger partial charge in [0.25, 0.3) is 5.69 Å². The topological polar surface area (TPSA) is 105 Å². The van der Waals surface area contributed by atoms with Crippen LogP contribution < -0.4 is 0 Å². The highest BCUT2D eigenvalue weighted by Crippen LogP contribution is 2.32. The van der Waals surface area contributed by atoms with Crippen LogP contribution in [0.15, 0.2) is 23.8 Å². The van der Waals surface area contributed by atoms with E-state index in [2.05, 4.69) is 0 Å². The number of hydrogen-bond acceptors (Lipinski definition) is 7. The minimum absolute atomic E-state index is 0.00143. The summed E-state index contributed by atoms with van der Waals surface area (Å²) >= 11 is 5.77. The van der Waals surface area contributed by atoms with Crippen LogP contribution >= 0.6 is 11.6 Å². The smallest absolute Gasteiger partial charge is 0.349 e. The molecule has 1 aromatic rings. The lowest BCUT2D eigenvalue weighted by atomic mass is 10.1. The van der Waals surface area contributed by atoms with Crippen molar-refractivity contribution >= 4 is 35.0 Å². The van der Waals surface area contributed by atoms with Gasteiger partial charge in [-0.15, -0.1) is 0 Å².